The summed E-state index contributed by atoms with van der Waals surface area (Å²) in [5.41, 5.74) is 1.79. The van der Waals surface area contributed by atoms with Crippen molar-refractivity contribution in [2.45, 2.75) is 0 Å². The zero-order valence-electron chi connectivity index (χ0n) is 17.7. The molecule has 0 unspecified atom stereocenters. The van der Waals surface area contributed by atoms with Gasteiger partial charge in [-0.15, -0.1) is 11.3 Å². The summed E-state index contributed by atoms with van der Waals surface area (Å²) < 4.78 is 5.45. The topological polar surface area (TPSA) is 143 Å². The first kappa shape index (κ1) is 22.6. The number of nitrogens with one attached hydrogen (secondary N) is 2. The Morgan fingerprint density at radius 3 is 2.41 bits per heavy atom. The molecule has 0 spiro atoms. The highest BCUT2D eigenvalue weighted by Gasteiger charge is 2.22. The van der Waals surface area contributed by atoms with Crippen molar-refractivity contribution in [3.8, 4) is 33.5 Å². The molecule has 4 aromatic rings. The first-order valence-corrected chi connectivity index (χ1v) is 10.7. The molecule has 0 saturated heterocycles. The summed E-state index contributed by atoms with van der Waals surface area (Å²) in [6.07, 6.45) is -1.73. The number of benzene rings is 2. The van der Waals surface area contributed by atoms with Crippen LogP contribution in [0.4, 0.5) is 21.0 Å². The first-order chi connectivity index (χ1) is 16.3. The number of carboxylic acid groups (broad SMARTS) is 1. The zero-order valence-corrected chi connectivity index (χ0v) is 18.5. The second-order valence-corrected chi connectivity index (χ2v) is 7.89. The summed E-state index contributed by atoms with van der Waals surface area (Å²) in [5, 5.41) is 25.9. The Labute approximate surface area is 196 Å². The van der Waals surface area contributed by atoms with Gasteiger partial charge in [0.15, 0.2) is 5.82 Å². The predicted octanol–water partition coefficient (Wildman–Crippen LogP) is 4.58. The van der Waals surface area contributed by atoms with Gasteiger partial charge >= 0.3 is 12.2 Å². The lowest BCUT2D eigenvalue weighted by Gasteiger charge is -2.13. The van der Waals surface area contributed by atoms with E-state index in [-0.39, 0.29) is 5.82 Å². The second kappa shape index (κ2) is 9.46. The quantitative estimate of drug-likeness (QED) is 0.307. The molecule has 11 heteroatoms. The van der Waals surface area contributed by atoms with Gasteiger partial charge < -0.3 is 25.6 Å². The summed E-state index contributed by atoms with van der Waals surface area (Å²) in [6, 6.07) is 18.0. The molecule has 0 bridgehead atoms. The van der Waals surface area contributed by atoms with Crippen LogP contribution in [-0.4, -0.2) is 32.0 Å². The van der Waals surface area contributed by atoms with Crippen molar-refractivity contribution < 1.29 is 24.5 Å². The molecule has 0 aliphatic rings. The second-order valence-electron chi connectivity index (χ2n) is 6.98. The molecule has 2 aromatic carbocycles. The number of carbonyl (C=O) groups is 2. The maximum atomic E-state index is 12.8. The SMILES string of the molecule is Cn1c(-c2sccc2NC(=O)Nc2ccccc2-c2ccccc2)nc(OC(=O)O)c(O)c1=O. The average molecular weight is 478 g/mol. The van der Waals surface area contributed by atoms with Gasteiger partial charge in [0.25, 0.3) is 11.4 Å². The molecule has 0 atom stereocenters. The molecule has 172 valence electrons. The van der Waals surface area contributed by atoms with E-state index < -0.39 is 29.4 Å². The fourth-order valence-corrected chi connectivity index (χ4v) is 4.12. The van der Waals surface area contributed by atoms with Crippen LogP contribution in [0, 0.1) is 0 Å². The fourth-order valence-electron chi connectivity index (χ4n) is 3.25. The highest BCUT2D eigenvalue weighted by Crippen LogP contribution is 2.34. The largest absolute Gasteiger partial charge is 0.512 e. The van der Waals surface area contributed by atoms with E-state index >= 15 is 0 Å². The lowest BCUT2D eigenvalue weighted by atomic mass is 10.0. The lowest BCUT2D eigenvalue weighted by Crippen LogP contribution is -2.23. The molecular weight excluding hydrogens is 460 g/mol. The minimum Gasteiger partial charge on any atom is -0.499 e. The number of aromatic hydroxyl groups is 1. The molecule has 0 aliphatic carbocycles. The number of ether oxygens (including phenoxy) is 1. The van der Waals surface area contributed by atoms with Crippen LogP contribution >= 0.6 is 11.3 Å². The summed E-state index contributed by atoms with van der Waals surface area (Å²) in [4.78, 5) is 40.4. The molecule has 0 saturated carbocycles. The van der Waals surface area contributed by atoms with Crippen molar-refractivity contribution in [2.75, 3.05) is 10.6 Å². The van der Waals surface area contributed by atoms with E-state index in [2.05, 4.69) is 20.4 Å². The van der Waals surface area contributed by atoms with Gasteiger partial charge in [0.1, 0.15) is 0 Å². The van der Waals surface area contributed by atoms with E-state index in [1.807, 2.05) is 42.5 Å². The maximum absolute atomic E-state index is 12.8. The van der Waals surface area contributed by atoms with Crippen LogP contribution in [0.25, 0.3) is 21.8 Å². The standard InChI is InChI=1S/C23H18N4O6S/c1-27-19(26-20(33-23(31)32)17(28)21(27)29)18-16(11-12-34-18)25-22(30)24-15-10-6-5-9-14(15)13-7-3-2-4-8-13/h2-12,28H,1H3,(H,31,32)(H2,24,25,30). The van der Waals surface area contributed by atoms with Crippen molar-refractivity contribution in [1.82, 2.24) is 9.55 Å². The van der Waals surface area contributed by atoms with E-state index in [4.69, 9.17) is 5.11 Å². The summed E-state index contributed by atoms with van der Waals surface area (Å²) >= 11 is 1.16. The van der Waals surface area contributed by atoms with Gasteiger partial charge in [-0.05, 0) is 23.1 Å². The first-order valence-electron chi connectivity index (χ1n) is 9.86. The van der Waals surface area contributed by atoms with Gasteiger partial charge in [0.05, 0.1) is 16.3 Å². The van der Waals surface area contributed by atoms with Crippen LogP contribution in [0.3, 0.4) is 0 Å². The number of para-hydroxylation sites is 1. The number of aromatic nitrogens is 2. The third kappa shape index (κ3) is 4.59. The number of hydrogen-bond acceptors (Lipinski definition) is 7. The molecule has 2 heterocycles. The van der Waals surface area contributed by atoms with Crippen LogP contribution in [0.2, 0.25) is 0 Å². The molecule has 34 heavy (non-hydrogen) atoms. The molecule has 4 N–H and O–H groups in total. The molecule has 2 aromatic heterocycles. The normalized spacial score (nSPS) is 10.5. The van der Waals surface area contributed by atoms with Gasteiger partial charge in [0.2, 0.25) is 5.75 Å². The number of urea groups is 1. The van der Waals surface area contributed by atoms with E-state index in [0.29, 0.717) is 16.3 Å². The van der Waals surface area contributed by atoms with Crippen LogP contribution in [0.15, 0.2) is 70.8 Å². The number of hydrogen-bond donors (Lipinski definition) is 4. The van der Waals surface area contributed by atoms with Gasteiger partial charge in [-0.2, -0.15) is 4.98 Å². The van der Waals surface area contributed by atoms with Crippen molar-refractivity contribution in [1.29, 1.82) is 0 Å². The molecular formula is C23H18N4O6S. The molecule has 10 nitrogen and oxygen atoms in total. The van der Waals surface area contributed by atoms with E-state index in [0.717, 1.165) is 27.0 Å². The number of nitrogens with zero attached hydrogens (tertiary/aromatic N) is 2. The van der Waals surface area contributed by atoms with E-state index in [1.165, 1.54) is 7.05 Å². The van der Waals surface area contributed by atoms with E-state index in [1.54, 1.807) is 23.6 Å². The predicted molar refractivity (Wildman–Crippen MR) is 128 cm³/mol. The van der Waals surface area contributed by atoms with Crippen molar-refractivity contribution >= 4 is 34.9 Å². The average Bonchev–Trinajstić information content (AvgIpc) is 3.27. The smallest absolute Gasteiger partial charge is 0.499 e. The van der Waals surface area contributed by atoms with Gasteiger partial charge in [-0.1, -0.05) is 48.5 Å². The Morgan fingerprint density at radius 1 is 1.00 bits per heavy atom. The van der Waals surface area contributed by atoms with Crippen LogP contribution < -0.4 is 20.9 Å². The summed E-state index contributed by atoms with van der Waals surface area (Å²) in [6.45, 7) is 0. The summed E-state index contributed by atoms with van der Waals surface area (Å²) in [7, 11) is 1.36. The lowest BCUT2D eigenvalue weighted by molar-refractivity contribution is 0.140. The highest BCUT2D eigenvalue weighted by molar-refractivity contribution is 7.14. The summed E-state index contributed by atoms with van der Waals surface area (Å²) in [5.74, 6) is -1.67. The van der Waals surface area contributed by atoms with E-state index in [9.17, 15) is 19.5 Å². The Balaban J connectivity index is 1.62. The van der Waals surface area contributed by atoms with Gasteiger partial charge in [0, 0.05) is 12.6 Å². The Morgan fingerprint density at radius 2 is 1.68 bits per heavy atom. The molecule has 0 radical (unpaired) electrons. The Hall–Kier alpha value is -4.64. The minimum absolute atomic E-state index is 0.00837. The zero-order chi connectivity index (χ0) is 24.2. The molecule has 0 aliphatic heterocycles. The third-order valence-electron chi connectivity index (χ3n) is 4.80. The Kier molecular flexibility index (Phi) is 6.28. The van der Waals surface area contributed by atoms with Gasteiger partial charge in [-0.25, -0.2) is 9.59 Å². The highest BCUT2D eigenvalue weighted by atomic mass is 32.1. The number of anilines is 2. The molecule has 4 rings (SSSR count). The van der Waals surface area contributed by atoms with Crippen LogP contribution in [-0.2, 0) is 7.05 Å². The van der Waals surface area contributed by atoms with Crippen LogP contribution in [0.5, 0.6) is 11.6 Å². The van der Waals surface area contributed by atoms with Crippen molar-refractivity contribution in [3.63, 3.8) is 0 Å². The van der Waals surface area contributed by atoms with Crippen molar-refractivity contribution in [2.24, 2.45) is 7.05 Å². The minimum atomic E-state index is -1.73. The monoisotopic (exact) mass is 478 g/mol. The maximum Gasteiger partial charge on any atom is 0.512 e. The number of amides is 2. The van der Waals surface area contributed by atoms with Crippen molar-refractivity contribution in [3.05, 3.63) is 76.4 Å². The number of rotatable bonds is 5. The van der Waals surface area contributed by atoms with Gasteiger partial charge in [-0.3, -0.25) is 9.36 Å². The number of thiophene rings is 1. The molecule has 0 fully saturated rings. The third-order valence-corrected chi connectivity index (χ3v) is 5.71. The number of carbonyl (C=O) groups excluding carboxylic acids is 1. The fraction of sp³-hybridized carbons (Fsp3) is 0.0435. The van der Waals surface area contributed by atoms with Crippen LogP contribution in [0.1, 0.15) is 0 Å². The Bertz CT molecular complexity index is 1430. The molecule has 2 amide bonds.